The summed E-state index contributed by atoms with van der Waals surface area (Å²) in [5, 5.41) is 0. The van der Waals surface area contributed by atoms with E-state index in [9.17, 15) is 4.79 Å². The summed E-state index contributed by atoms with van der Waals surface area (Å²) in [5.74, 6) is 1.11. The lowest BCUT2D eigenvalue weighted by Crippen LogP contribution is -2.34. The molecule has 1 aromatic heterocycles. The summed E-state index contributed by atoms with van der Waals surface area (Å²) in [5.41, 5.74) is 3.02. The molecule has 0 fully saturated rings. The van der Waals surface area contributed by atoms with Crippen LogP contribution in [0.1, 0.15) is 35.5 Å². The Morgan fingerprint density at radius 2 is 1.82 bits per heavy atom. The minimum atomic E-state index is 0.0278. The Balaban J connectivity index is 1.81. The predicted octanol–water partition coefficient (Wildman–Crippen LogP) is 4.84. The smallest absolute Gasteiger partial charge is 0.254 e. The van der Waals surface area contributed by atoms with Gasteiger partial charge in [0.25, 0.3) is 5.91 Å². The molecular formula is C24H28N2O2. The van der Waals surface area contributed by atoms with E-state index in [1.54, 1.807) is 13.2 Å². The highest BCUT2D eigenvalue weighted by Crippen LogP contribution is 2.18. The van der Waals surface area contributed by atoms with Crippen LogP contribution in [0.15, 0.2) is 72.9 Å². The molecule has 0 aliphatic rings. The third-order valence-electron chi connectivity index (χ3n) is 4.66. The van der Waals surface area contributed by atoms with E-state index >= 15 is 0 Å². The summed E-state index contributed by atoms with van der Waals surface area (Å²) in [6, 6.07) is 21.9. The molecule has 0 radical (unpaired) electrons. The SMILES string of the molecule is COc1cccc(C(=O)N(Cc2cccn2Cc2ccccc2)CC(C)C)c1. The Kier molecular flexibility index (Phi) is 6.53. The van der Waals surface area contributed by atoms with Crippen LogP contribution in [0.3, 0.4) is 0 Å². The molecule has 28 heavy (non-hydrogen) atoms. The maximum Gasteiger partial charge on any atom is 0.254 e. The van der Waals surface area contributed by atoms with Crippen LogP contribution in [-0.4, -0.2) is 29.0 Å². The van der Waals surface area contributed by atoms with Gasteiger partial charge >= 0.3 is 0 Å². The Labute approximate surface area is 167 Å². The van der Waals surface area contributed by atoms with Crippen molar-refractivity contribution in [1.29, 1.82) is 0 Å². The molecular weight excluding hydrogens is 348 g/mol. The van der Waals surface area contributed by atoms with Gasteiger partial charge in [0.15, 0.2) is 0 Å². The third-order valence-corrected chi connectivity index (χ3v) is 4.66. The van der Waals surface area contributed by atoms with E-state index in [0.29, 0.717) is 30.3 Å². The highest BCUT2D eigenvalue weighted by Gasteiger charge is 2.19. The Morgan fingerprint density at radius 1 is 1.04 bits per heavy atom. The number of hydrogen-bond donors (Lipinski definition) is 0. The molecule has 2 aromatic carbocycles. The van der Waals surface area contributed by atoms with E-state index in [1.807, 2.05) is 35.2 Å². The van der Waals surface area contributed by atoms with Crippen LogP contribution in [0.2, 0.25) is 0 Å². The van der Waals surface area contributed by atoms with E-state index < -0.39 is 0 Å². The zero-order valence-electron chi connectivity index (χ0n) is 16.8. The van der Waals surface area contributed by atoms with Gasteiger partial charge in [-0.1, -0.05) is 50.2 Å². The minimum Gasteiger partial charge on any atom is -0.497 e. The van der Waals surface area contributed by atoms with Crippen LogP contribution in [0.5, 0.6) is 5.75 Å². The van der Waals surface area contributed by atoms with Gasteiger partial charge in [-0.25, -0.2) is 0 Å². The quantitative estimate of drug-likeness (QED) is 0.564. The van der Waals surface area contributed by atoms with Crippen LogP contribution in [0.25, 0.3) is 0 Å². The molecule has 0 unspecified atom stereocenters. The summed E-state index contributed by atoms with van der Waals surface area (Å²) >= 11 is 0. The third kappa shape index (κ3) is 5.03. The Morgan fingerprint density at radius 3 is 2.54 bits per heavy atom. The minimum absolute atomic E-state index is 0.0278. The number of aromatic nitrogens is 1. The van der Waals surface area contributed by atoms with E-state index in [-0.39, 0.29) is 5.91 Å². The molecule has 0 aliphatic carbocycles. The molecule has 0 spiro atoms. The molecule has 0 N–H and O–H groups in total. The first-order chi connectivity index (χ1) is 13.6. The second kappa shape index (κ2) is 9.27. The van der Waals surface area contributed by atoms with Gasteiger partial charge < -0.3 is 14.2 Å². The zero-order chi connectivity index (χ0) is 19.9. The topological polar surface area (TPSA) is 34.5 Å². The predicted molar refractivity (Wildman–Crippen MR) is 113 cm³/mol. The second-order valence-electron chi connectivity index (χ2n) is 7.42. The van der Waals surface area contributed by atoms with Crippen molar-refractivity contribution in [3.63, 3.8) is 0 Å². The number of ether oxygens (including phenoxy) is 1. The molecule has 4 nitrogen and oxygen atoms in total. The summed E-state index contributed by atoms with van der Waals surface area (Å²) in [6.45, 7) is 6.34. The fourth-order valence-electron chi connectivity index (χ4n) is 3.32. The lowest BCUT2D eigenvalue weighted by molar-refractivity contribution is 0.0718. The first kappa shape index (κ1) is 19.7. The van der Waals surface area contributed by atoms with Gasteiger partial charge in [-0.15, -0.1) is 0 Å². The highest BCUT2D eigenvalue weighted by atomic mass is 16.5. The molecule has 0 saturated carbocycles. The van der Waals surface area contributed by atoms with Crippen molar-refractivity contribution >= 4 is 5.91 Å². The van der Waals surface area contributed by atoms with Gasteiger partial charge in [-0.3, -0.25) is 4.79 Å². The van der Waals surface area contributed by atoms with E-state index in [1.165, 1.54) is 5.56 Å². The van der Waals surface area contributed by atoms with Crippen LogP contribution < -0.4 is 4.74 Å². The lowest BCUT2D eigenvalue weighted by Gasteiger charge is -2.25. The monoisotopic (exact) mass is 376 g/mol. The normalized spacial score (nSPS) is 10.9. The second-order valence-corrected chi connectivity index (χ2v) is 7.42. The van der Waals surface area contributed by atoms with Crippen LogP contribution >= 0.6 is 0 Å². The number of hydrogen-bond acceptors (Lipinski definition) is 2. The first-order valence-corrected chi connectivity index (χ1v) is 9.68. The number of methoxy groups -OCH3 is 1. The number of amides is 1. The van der Waals surface area contributed by atoms with Gasteiger partial charge in [-0.2, -0.15) is 0 Å². The average molecular weight is 377 g/mol. The van der Waals surface area contributed by atoms with Crippen molar-refractivity contribution < 1.29 is 9.53 Å². The summed E-state index contributed by atoms with van der Waals surface area (Å²) in [6.07, 6.45) is 2.08. The Bertz CT molecular complexity index is 900. The number of rotatable bonds is 8. The van der Waals surface area contributed by atoms with Crippen molar-refractivity contribution in [3.8, 4) is 5.75 Å². The molecule has 0 aliphatic heterocycles. The van der Waals surface area contributed by atoms with E-state index in [4.69, 9.17) is 4.74 Å². The molecule has 4 heteroatoms. The molecule has 3 rings (SSSR count). The van der Waals surface area contributed by atoms with Crippen LogP contribution in [-0.2, 0) is 13.1 Å². The molecule has 0 bridgehead atoms. The van der Waals surface area contributed by atoms with Crippen molar-refractivity contribution in [2.24, 2.45) is 5.92 Å². The largest absolute Gasteiger partial charge is 0.497 e. The van der Waals surface area contributed by atoms with E-state index in [0.717, 1.165) is 12.2 Å². The number of carbonyl (C=O) groups excluding carboxylic acids is 1. The lowest BCUT2D eigenvalue weighted by atomic mass is 10.1. The van der Waals surface area contributed by atoms with Gasteiger partial charge in [0.1, 0.15) is 5.75 Å². The zero-order valence-corrected chi connectivity index (χ0v) is 16.8. The van der Waals surface area contributed by atoms with Crippen molar-refractivity contribution in [2.45, 2.75) is 26.9 Å². The maximum absolute atomic E-state index is 13.2. The van der Waals surface area contributed by atoms with Gasteiger partial charge in [0.2, 0.25) is 0 Å². The number of carbonyl (C=O) groups is 1. The molecule has 146 valence electrons. The van der Waals surface area contributed by atoms with Gasteiger partial charge in [0, 0.05) is 30.5 Å². The van der Waals surface area contributed by atoms with Crippen molar-refractivity contribution in [2.75, 3.05) is 13.7 Å². The highest BCUT2D eigenvalue weighted by molar-refractivity contribution is 5.94. The summed E-state index contributed by atoms with van der Waals surface area (Å²) in [4.78, 5) is 15.1. The number of nitrogens with zero attached hydrogens (tertiary/aromatic N) is 2. The van der Waals surface area contributed by atoms with Crippen molar-refractivity contribution in [3.05, 3.63) is 89.7 Å². The first-order valence-electron chi connectivity index (χ1n) is 9.68. The van der Waals surface area contributed by atoms with Gasteiger partial charge in [-0.05, 0) is 41.8 Å². The molecule has 3 aromatic rings. The maximum atomic E-state index is 13.2. The molecule has 1 amide bonds. The average Bonchev–Trinajstić information content (AvgIpc) is 3.14. The fraction of sp³-hybridized carbons (Fsp3) is 0.292. The summed E-state index contributed by atoms with van der Waals surface area (Å²) in [7, 11) is 1.62. The van der Waals surface area contributed by atoms with Crippen LogP contribution in [0, 0.1) is 5.92 Å². The molecule has 0 saturated heterocycles. The van der Waals surface area contributed by atoms with Crippen molar-refractivity contribution in [1.82, 2.24) is 9.47 Å². The molecule has 0 atom stereocenters. The number of benzene rings is 2. The Hall–Kier alpha value is -3.01. The van der Waals surface area contributed by atoms with Crippen LogP contribution in [0.4, 0.5) is 0 Å². The standard InChI is InChI=1S/C24H28N2O2/c1-19(2)16-26(24(27)21-11-7-13-23(15-21)28-3)18-22-12-8-14-25(22)17-20-9-5-4-6-10-20/h4-15,19H,16-18H2,1-3H3. The van der Waals surface area contributed by atoms with Gasteiger partial charge in [0.05, 0.1) is 13.7 Å². The fourth-order valence-corrected chi connectivity index (χ4v) is 3.32. The van der Waals surface area contributed by atoms with E-state index in [2.05, 4.69) is 54.9 Å². The summed E-state index contributed by atoms with van der Waals surface area (Å²) < 4.78 is 7.49. The molecule has 1 heterocycles.